The number of piperidine rings is 2. The van der Waals surface area contributed by atoms with E-state index in [1.807, 2.05) is 37.5 Å². The Hall–Kier alpha value is -2.28. The van der Waals surface area contributed by atoms with Crippen LogP contribution in [-0.4, -0.2) is 275 Å². The Bertz CT molecular complexity index is 2180. The third kappa shape index (κ3) is 31.3. The number of imide groups is 1. The summed E-state index contributed by atoms with van der Waals surface area (Å²) in [6.45, 7) is 53.5. The predicted octanol–water partition coefficient (Wildman–Crippen LogP) is 6.96. The van der Waals surface area contributed by atoms with Crippen LogP contribution >= 0.6 is 0 Å². The van der Waals surface area contributed by atoms with Gasteiger partial charge in [-0.15, -0.1) is 0 Å². The average Bonchev–Trinajstić information content (AvgIpc) is 4.34. The molecule has 8 fully saturated rings. The van der Waals surface area contributed by atoms with Crippen LogP contribution in [0.15, 0.2) is 0 Å². The molecular formula is C62H126N10O9S3. The average molecular weight is 1250 g/mol. The van der Waals surface area contributed by atoms with Crippen molar-refractivity contribution >= 4 is 59.1 Å². The molecule has 0 aliphatic carbocycles. The molecule has 4 amide bonds. The number of amides is 4. The summed E-state index contributed by atoms with van der Waals surface area (Å²) in [5, 5.41) is 0. The molecule has 8 heterocycles. The molecule has 0 unspecified atom stereocenters. The summed E-state index contributed by atoms with van der Waals surface area (Å²) in [6.07, 6.45) is 11.6. The molecule has 0 aromatic carbocycles. The van der Waals surface area contributed by atoms with Crippen LogP contribution in [0.2, 0.25) is 0 Å². The molecule has 22 heteroatoms. The van der Waals surface area contributed by atoms with Crippen molar-refractivity contribution in [1.82, 2.24) is 47.8 Å². The number of rotatable bonds is 9. The minimum Gasteiger partial charge on any atom is -0.340 e. The van der Waals surface area contributed by atoms with E-state index >= 15 is 0 Å². The molecule has 8 aliphatic rings. The quantitative estimate of drug-likeness (QED) is 0.171. The van der Waals surface area contributed by atoms with Crippen LogP contribution in [0.5, 0.6) is 0 Å². The first-order valence-corrected chi connectivity index (χ1v) is 37.8. The van der Waals surface area contributed by atoms with E-state index in [1.165, 1.54) is 69.4 Å². The van der Waals surface area contributed by atoms with Gasteiger partial charge in [-0.25, -0.2) is 16.8 Å². The Morgan fingerprint density at radius 3 is 1.18 bits per heavy atom. The molecule has 0 bridgehead atoms. The van der Waals surface area contributed by atoms with Gasteiger partial charge < -0.3 is 19.6 Å². The largest absolute Gasteiger partial charge is 0.340 e. The van der Waals surface area contributed by atoms with Crippen molar-refractivity contribution in [2.75, 3.05) is 128 Å². The topological polar surface area (TPSA) is 186 Å². The molecule has 0 aromatic rings. The Balaban J connectivity index is 0.000000481. The maximum atomic E-state index is 11.4. The number of hydrogen-bond acceptors (Lipinski definition) is 14. The lowest BCUT2D eigenvalue weighted by Crippen LogP contribution is -2.50. The van der Waals surface area contributed by atoms with E-state index in [2.05, 4.69) is 120 Å². The van der Waals surface area contributed by atoms with Gasteiger partial charge in [0.15, 0.2) is 0 Å². The first kappa shape index (κ1) is 79.7. The molecule has 0 aromatic heterocycles. The highest BCUT2D eigenvalue weighted by Gasteiger charge is 2.32. The minimum absolute atomic E-state index is 0.0278. The van der Waals surface area contributed by atoms with Crippen LogP contribution in [0.25, 0.3) is 0 Å². The molecule has 0 saturated carbocycles. The maximum absolute atomic E-state index is 11.4. The lowest BCUT2D eigenvalue weighted by molar-refractivity contribution is -0.140. The first-order chi connectivity index (χ1) is 38.9. The summed E-state index contributed by atoms with van der Waals surface area (Å²) in [5.74, 6) is 7.05. The third-order valence-corrected chi connectivity index (χ3v) is 22.1. The van der Waals surface area contributed by atoms with Crippen LogP contribution in [0.4, 0.5) is 0 Å². The van der Waals surface area contributed by atoms with Gasteiger partial charge in [-0.1, -0.05) is 13.3 Å². The van der Waals surface area contributed by atoms with Gasteiger partial charge in [0.25, 0.3) is 0 Å². The fourth-order valence-corrected chi connectivity index (χ4v) is 15.0. The van der Waals surface area contributed by atoms with E-state index in [9.17, 15) is 40.2 Å². The number of hydrogen-bond donors (Lipinski definition) is 0. The zero-order valence-electron chi connectivity index (χ0n) is 56.8. The van der Waals surface area contributed by atoms with Crippen LogP contribution in [0.3, 0.4) is 0 Å². The molecule has 8 rings (SSSR count). The first-order valence-electron chi connectivity index (χ1n) is 32.3. The van der Waals surface area contributed by atoms with Gasteiger partial charge in [-0.05, 0) is 190 Å². The number of likely N-dealkylation sites (tertiary alicyclic amines) is 4. The number of piperazine rings is 2. The standard InChI is InChI=1S/C9H18N2O.C8H18N2O2S.C8H17NOS.C8H15NO.2C8H17N.C7H11NO2.C6H13NO2S/c1-8(2)10-4-6-11(7-5-10)9(3)12;1-8(2)9-4-6-10(7-5-9)13(3,11)12;1-8(2)9-4-6-11(3,10)7-5-9;1-7(2)9-6-4-3-5-8(9)10;1-7(2)9-5-4-8(3)6-9;1-8(2)9-6-4-3-5-7-9;1-5(2)8-6(9)3-4-7(8)10;1-6(2)7-4-3-5-10(7,8)9/h8H,4-7H2,1-3H3;8H,4-7H2,1-3H3;8H,3-7H2,1-2H3;7H,3-6H2,1-2H3;7-8H,4-6H2,1-3H3;8H,3-7H2,1-2H3;5H,3-4H2,1-2H3;6H,3-5H2,1-2H3/t;;;;8-;;;/m....1.../s1. The van der Waals surface area contributed by atoms with Gasteiger partial charge in [-0.2, -0.15) is 8.61 Å². The molecule has 496 valence electrons. The van der Waals surface area contributed by atoms with Gasteiger partial charge in [0.1, 0.15) is 0 Å². The zero-order chi connectivity index (χ0) is 64.3. The van der Waals surface area contributed by atoms with E-state index in [-0.39, 0.29) is 29.8 Å². The van der Waals surface area contributed by atoms with E-state index in [4.69, 9.17) is 0 Å². The Morgan fingerprint density at radius 1 is 0.464 bits per heavy atom. The molecular weight excluding hydrogens is 1120 g/mol. The smallest absolute Gasteiger partial charge is 0.229 e. The second-order valence-electron chi connectivity index (χ2n) is 26.4. The summed E-state index contributed by atoms with van der Waals surface area (Å²) in [5.41, 5.74) is 0. The molecule has 0 spiro atoms. The fraction of sp³-hybridized carbons (Fsp3) is 0.919. The highest BCUT2D eigenvalue weighted by Crippen LogP contribution is 2.19. The van der Waals surface area contributed by atoms with Crippen LogP contribution in [-0.2, 0) is 48.7 Å². The van der Waals surface area contributed by atoms with E-state index in [0.717, 1.165) is 108 Å². The molecule has 1 atom stereocenters. The second-order valence-corrected chi connectivity index (χ2v) is 33.1. The summed E-state index contributed by atoms with van der Waals surface area (Å²) < 4.78 is 59.1. The van der Waals surface area contributed by atoms with Gasteiger partial charge in [0, 0.05) is 171 Å². The van der Waals surface area contributed by atoms with Crippen molar-refractivity contribution in [3.8, 4) is 0 Å². The van der Waals surface area contributed by atoms with Gasteiger partial charge in [-0.3, -0.25) is 43.0 Å². The van der Waals surface area contributed by atoms with Gasteiger partial charge in [0.2, 0.25) is 43.7 Å². The molecule has 0 radical (unpaired) electrons. The van der Waals surface area contributed by atoms with E-state index in [1.54, 1.807) is 15.5 Å². The predicted molar refractivity (Wildman–Crippen MR) is 352 cm³/mol. The number of sulfonamides is 2. The number of nitrogens with zero attached hydrogens (tertiary/aromatic N) is 10. The third-order valence-electron chi connectivity index (χ3n) is 16.8. The van der Waals surface area contributed by atoms with E-state index in [0.29, 0.717) is 68.3 Å². The van der Waals surface area contributed by atoms with Crippen molar-refractivity contribution in [2.45, 2.75) is 237 Å². The van der Waals surface area contributed by atoms with Crippen molar-refractivity contribution in [3.05, 3.63) is 0 Å². The van der Waals surface area contributed by atoms with Crippen molar-refractivity contribution in [3.63, 3.8) is 0 Å². The summed E-state index contributed by atoms with van der Waals surface area (Å²) in [4.78, 5) is 61.4. The lowest BCUT2D eigenvalue weighted by Gasteiger charge is -2.36. The lowest BCUT2D eigenvalue weighted by atomic mass is 10.1. The Labute approximate surface area is 515 Å². The van der Waals surface area contributed by atoms with Crippen LogP contribution < -0.4 is 0 Å². The zero-order valence-corrected chi connectivity index (χ0v) is 59.2. The number of carbonyl (C=O) groups excluding carboxylic acids is 4. The maximum Gasteiger partial charge on any atom is 0.229 e. The highest BCUT2D eigenvalue weighted by molar-refractivity contribution is 8.00. The molecule has 0 N–H and O–H groups in total. The summed E-state index contributed by atoms with van der Waals surface area (Å²) >= 11 is 0. The second kappa shape index (κ2) is 39.7. The fourth-order valence-electron chi connectivity index (χ4n) is 11.1. The summed E-state index contributed by atoms with van der Waals surface area (Å²) in [6, 6.07) is 3.80. The monoisotopic (exact) mass is 1250 g/mol. The Morgan fingerprint density at radius 2 is 0.893 bits per heavy atom. The number of carbonyl (C=O) groups is 4. The summed E-state index contributed by atoms with van der Waals surface area (Å²) in [7, 11) is -7.51. The van der Waals surface area contributed by atoms with Crippen LogP contribution in [0.1, 0.15) is 189 Å². The SMILES string of the molecule is C=S1(=O)CCN(C(C)C)CC1.CC(=O)N1CCN(C(C)C)CC1.CC(C)N1C(=O)CCC1=O.CC(C)N1CCCCC1.CC(C)N1CCCCC1=O.CC(C)N1CCCS1(=O)=O.CC(C)N1CCN(S(C)(=O)=O)CC1.CC(C)N1CC[C@@H](C)C1. The van der Waals surface area contributed by atoms with Gasteiger partial charge in [0.05, 0.1) is 12.0 Å². The molecule has 8 aliphatic heterocycles. The van der Waals surface area contributed by atoms with Crippen molar-refractivity contribution in [1.29, 1.82) is 0 Å². The molecule has 19 nitrogen and oxygen atoms in total. The van der Waals surface area contributed by atoms with Crippen LogP contribution in [0, 0.1) is 5.92 Å². The highest BCUT2D eigenvalue weighted by atomic mass is 32.2. The van der Waals surface area contributed by atoms with Crippen molar-refractivity contribution in [2.24, 2.45) is 5.92 Å². The van der Waals surface area contributed by atoms with E-state index < -0.39 is 29.6 Å². The van der Waals surface area contributed by atoms with Crippen molar-refractivity contribution < 1.29 is 40.2 Å². The molecule has 84 heavy (non-hydrogen) atoms. The normalized spacial score (nSPS) is 23.2. The minimum atomic E-state index is -2.97. The Kier molecular flexibility index (Phi) is 37.7. The molecule has 8 saturated heterocycles. The van der Waals surface area contributed by atoms with Gasteiger partial charge >= 0.3 is 0 Å².